The van der Waals surface area contributed by atoms with Gasteiger partial charge in [-0.15, -0.1) is 0 Å². The van der Waals surface area contributed by atoms with Crippen molar-refractivity contribution in [1.29, 1.82) is 0 Å². The van der Waals surface area contributed by atoms with Gasteiger partial charge in [-0.05, 0) is 12.8 Å². The number of carboxylic acid groups (broad SMARTS) is 1. The molecule has 0 unspecified atom stereocenters. The Labute approximate surface area is 135 Å². The van der Waals surface area contributed by atoms with Crippen LogP contribution in [0.2, 0.25) is 0 Å². The summed E-state index contributed by atoms with van der Waals surface area (Å²) in [6, 6.07) is 0. The molecule has 0 aliphatic rings. The number of carbonyl (C=O) groups is 1. The molecule has 0 radical (unpaired) electrons. The van der Waals surface area contributed by atoms with Crippen LogP contribution in [-0.4, -0.2) is 15.6 Å². The topological polar surface area (TPSA) is 46.1 Å². The molecule has 0 fully saturated rings. The second kappa shape index (κ2) is 11.3. The number of aryl methyl sites for hydroxylation is 1. The van der Waals surface area contributed by atoms with E-state index in [0.717, 1.165) is 31.6 Å². The second-order valence-electron chi connectivity index (χ2n) is 6.15. The Balaban J connectivity index is 2.36. The van der Waals surface area contributed by atoms with Crippen molar-refractivity contribution in [1.82, 2.24) is 4.57 Å². The van der Waals surface area contributed by atoms with Gasteiger partial charge in [-0.1, -0.05) is 58.8 Å². The molecule has 126 valence electrons. The normalized spacial score (nSPS) is 11.0. The zero-order chi connectivity index (χ0) is 16.2. The van der Waals surface area contributed by atoms with E-state index in [2.05, 4.69) is 18.4 Å². The van der Waals surface area contributed by atoms with Gasteiger partial charge in [-0.25, -0.2) is 13.9 Å². The Morgan fingerprint density at radius 3 is 2.27 bits per heavy atom. The van der Waals surface area contributed by atoms with Crippen LogP contribution >= 0.6 is 0 Å². The lowest BCUT2D eigenvalue weighted by Gasteiger charge is -2.04. The number of unbranched alkanes of at least 4 members (excludes halogenated alkanes) is 7. The van der Waals surface area contributed by atoms with E-state index >= 15 is 0 Å². The molecular weight excluding hydrogens is 276 g/mol. The first-order valence-corrected chi connectivity index (χ1v) is 8.98. The molecule has 4 heteroatoms. The number of rotatable bonds is 13. The summed E-state index contributed by atoms with van der Waals surface area (Å²) in [6.45, 7) is 5.45. The molecule has 1 rings (SSSR count). The summed E-state index contributed by atoms with van der Waals surface area (Å²) in [5, 5.41) is 9.01. The molecule has 4 nitrogen and oxygen atoms in total. The number of carboxylic acids is 1. The van der Waals surface area contributed by atoms with E-state index < -0.39 is 5.97 Å². The number of nitrogens with zero attached hydrogens (tertiary/aromatic N) is 2. The maximum absolute atomic E-state index is 11.0. The van der Waals surface area contributed by atoms with Gasteiger partial charge >= 0.3 is 5.97 Å². The molecule has 0 aliphatic heterocycles. The van der Waals surface area contributed by atoms with Gasteiger partial charge in [0.25, 0.3) is 5.82 Å². The summed E-state index contributed by atoms with van der Waals surface area (Å²) >= 11 is 0. The second-order valence-corrected chi connectivity index (χ2v) is 6.15. The van der Waals surface area contributed by atoms with Crippen LogP contribution in [0.4, 0.5) is 0 Å². The van der Waals surface area contributed by atoms with E-state index in [4.69, 9.17) is 5.11 Å². The highest BCUT2D eigenvalue weighted by Crippen LogP contribution is 2.10. The fourth-order valence-electron chi connectivity index (χ4n) is 2.94. The quantitative estimate of drug-likeness (QED) is 0.443. The van der Waals surface area contributed by atoms with Crippen LogP contribution in [0.1, 0.15) is 77.5 Å². The third-order valence-electron chi connectivity index (χ3n) is 4.11. The average molecular weight is 309 g/mol. The predicted octanol–water partition coefficient (Wildman–Crippen LogP) is 3.95. The summed E-state index contributed by atoms with van der Waals surface area (Å²) in [5.74, 6) is 0.395. The van der Waals surface area contributed by atoms with Crippen molar-refractivity contribution in [3.63, 3.8) is 0 Å². The van der Waals surface area contributed by atoms with Crippen LogP contribution < -0.4 is 4.57 Å². The number of imidazole rings is 1. The smallest absolute Gasteiger partial charge is 0.346 e. The highest BCUT2D eigenvalue weighted by molar-refractivity contribution is 5.64. The third kappa shape index (κ3) is 7.10. The standard InChI is InChI=1S/C18H32N2O2/c1-3-5-6-7-8-9-10-11-12-17-19(13-4-2)14-15-20(17)16-18(21)22/h14-15H,3-13,16H2,1-2H3/p+1. The molecule has 0 spiro atoms. The van der Waals surface area contributed by atoms with Crippen molar-refractivity contribution < 1.29 is 14.5 Å². The van der Waals surface area contributed by atoms with Crippen LogP contribution in [0.25, 0.3) is 0 Å². The van der Waals surface area contributed by atoms with Crippen molar-refractivity contribution >= 4 is 5.97 Å². The minimum absolute atomic E-state index is 0.0725. The molecule has 0 bridgehead atoms. The first-order valence-electron chi connectivity index (χ1n) is 8.98. The third-order valence-corrected chi connectivity index (χ3v) is 4.11. The van der Waals surface area contributed by atoms with E-state index in [9.17, 15) is 4.79 Å². The van der Waals surface area contributed by atoms with Crippen LogP contribution in [0.15, 0.2) is 12.4 Å². The van der Waals surface area contributed by atoms with Crippen molar-refractivity contribution in [3.05, 3.63) is 18.2 Å². The van der Waals surface area contributed by atoms with Gasteiger partial charge < -0.3 is 5.11 Å². The lowest BCUT2D eigenvalue weighted by molar-refractivity contribution is -0.692. The lowest BCUT2D eigenvalue weighted by Crippen LogP contribution is -2.40. The summed E-state index contributed by atoms with van der Waals surface area (Å²) in [4.78, 5) is 11.0. The Morgan fingerprint density at radius 2 is 1.68 bits per heavy atom. The average Bonchev–Trinajstić information content (AvgIpc) is 2.84. The number of hydrogen-bond acceptors (Lipinski definition) is 1. The Bertz CT molecular complexity index is 427. The monoisotopic (exact) mass is 309 g/mol. The molecule has 0 amide bonds. The van der Waals surface area contributed by atoms with Crippen LogP contribution in [-0.2, 0) is 24.3 Å². The fourth-order valence-corrected chi connectivity index (χ4v) is 2.94. The molecule has 22 heavy (non-hydrogen) atoms. The minimum atomic E-state index is -0.767. The van der Waals surface area contributed by atoms with Gasteiger partial charge in [-0.2, -0.15) is 0 Å². The Kier molecular flexibility index (Phi) is 9.60. The SMILES string of the molecule is CCCCCCCCCCc1n(CCC)cc[n+]1CC(=O)O. The van der Waals surface area contributed by atoms with Crippen molar-refractivity contribution in [2.45, 2.75) is 91.1 Å². The first-order chi connectivity index (χ1) is 10.7. The number of aromatic nitrogens is 2. The molecule has 0 aromatic carbocycles. The van der Waals surface area contributed by atoms with E-state index in [0.29, 0.717) is 0 Å². The molecule has 0 saturated heterocycles. The van der Waals surface area contributed by atoms with Gasteiger partial charge in [-0.3, -0.25) is 0 Å². The summed E-state index contributed by atoms with van der Waals surface area (Å²) in [5.41, 5.74) is 0. The highest BCUT2D eigenvalue weighted by atomic mass is 16.4. The molecule has 1 aromatic rings. The lowest BCUT2D eigenvalue weighted by atomic mass is 10.1. The maximum Gasteiger partial charge on any atom is 0.346 e. The van der Waals surface area contributed by atoms with E-state index in [1.165, 1.54) is 44.9 Å². The van der Waals surface area contributed by atoms with Gasteiger partial charge in [0.1, 0.15) is 12.4 Å². The first kappa shape index (κ1) is 18.7. The number of hydrogen-bond donors (Lipinski definition) is 1. The van der Waals surface area contributed by atoms with Crippen molar-refractivity contribution in [2.75, 3.05) is 0 Å². The Morgan fingerprint density at radius 1 is 1.05 bits per heavy atom. The zero-order valence-electron chi connectivity index (χ0n) is 14.4. The fraction of sp³-hybridized carbons (Fsp3) is 0.778. The molecular formula is C18H33N2O2+. The van der Waals surface area contributed by atoms with E-state index in [1.54, 1.807) is 0 Å². The van der Waals surface area contributed by atoms with Gasteiger partial charge in [0, 0.05) is 6.42 Å². The highest BCUT2D eigenvalue weighted by Gasteiger charge is 2.18. The van der Waals surface area contributed by atoms with Crippen molar-refractivity contribution in [3.8, 4) is 0 Å². The zero-order valence-corrected chi connectivity index (χ0v) is 14.4. The van der Waals surface area contributed by atoms with Gasteiger partial charge in [0.05, 0.1) is 6.54 Å². The van der Waals surface area contributed by atoms with E-state index in [1.807, 2.05) is 17.0 Å². The molecule has 0 saturated carbocycles. The van der Waals surface area contributed by atoms with Crippen molar-refractivity contribution in [2.24, 2.45) is 0 Å². The summed E-state index contributed by atoms with van der Waals surface area (Å²) in [6.07, 6.45) is 16.4. The van der Waals surface area contributed by atoms with Crippen LogP contribution in [0, 0.1) is 0 Å². The summed E-state index contributed by atoms with van der Waals surface area (Å²) in [7, 11) is 0. The molecule has 0 aliphatic carbocycles. The van der Waals surface area contributed by atoms with Gasteiger partial charge in [0.2, 0.25) is 0 Å². The van der Waals surface area contributed by atoms with Crippen LogP contribution in [0.5, 0.6) is 0 Å². The molecule has 1 N–H and O–H groups in total. The minimum Gasteiger partial charge on any atom is -0.478 e. The molecule has 1 heterocycles. The molecule has 0 atom stereocenters. The largest absolute Gasteiger partial charge is 0.478 e. The number of aliphatic carboxylic acids is 1. The Hall–Kier alpha value is -1.32. The maximum atomic E-state index is 11.0. The summed E-state index contributed by atoms with van der Waals surface area (Å²) < 4.78 is 4.10. The predicted molar refractivity (Wildman–Crippen MR) is 88.9 cm³/mol. The molecule has 1 aromatic heterocycles. The van der Waals surface area contributed by atoms with Crippen LogP contribution in [0.3, 0.4) is 0 Å². The van der Waals surface area contributed by atoms with E-state index in [-0.39, 0.29) is 6.54 Å². The van der Waals surface area contributed by atoms with Gasteiger partial charge in [0.15, 0.2) is 6.54 Å².